The van der Waals surface area contributed by atoms with Crippen molar-refractivity contribution in [2.45, 2.75) is 12.3 Å². The number of hydrogen-bond donors (Lipinski definition) is 5. The van der Waals surface area contributed by atoms with Gasteiger partial charge in [0.15, 0.2) is 0 Å². The SMILES string of the molecule is Cc1ccc(C(c2ccc(O[B]O)cc2)(c2ccc(B(O)O)cc2)c2ccc(B(O)O)cc2)cc1. The van der Waals surface area contributed by atoms with Gasteiger partial charge in [0.2, 0.25) is 0 Å². The normalized spacial score (nSPS) is 11.1. The van der Waals surface area contributed by atoms with Gasteiger partial charge in [-0.1, -0.05) is 90.5 Å². The van der Waals surface area contributed by atoms with Crippen LogP contribution in [0.4, 0.5) is 0 Å². The lowest BCUT2D eigenvalue weighted by Gasteiger charge is -2.37. The fourth-order valence-electron chi connectivity index (χ4n) is 4.46. The predicted octanol–water partition coefficient (Wildman–Crippen LogP) is 0.643. The van der Waals surface area contributed by atoms with Gasteiger partial charge >= 0.3 is 21.9 Å². The minimum absolute atomic E-state index is 0.368. The lowest BCUT2D eigenvalue weighted by atomic mass is 9.64. The van der Waals surface area contributed by atoms with E-state index in [4.69, 9.17) is 9.68 Å². The lowest BCUT2D eigenvalue weighted by molar-refractivity contribution is 0.424. The molecule has 0 aliphatic heterocycles. The van der Waals surface area contributed by atoms with E-state index in [2.05, 4.69) is 0 Å². The summed E-state index contributed by atoms with van der Waals surface area (Å²) < 4.78 is 5.11. The Morgan fingerprint density at radius 2 is 0.914 bits per heavy atom. The van der Waals surface area contributed by atoms with Crippen LogP contribution < -0.4 is 15.6 Å². The molecule has 1 radical (unpaired) electrons. The molecule has 0 heterocycles. The zero-order chi connectivity index (χ0) is 25.0. The molecular formula is C26H24B3O6. The summed E-state index contributed by atoms with van der Waals surface area (Å²) in [5, 5.41) is 47.6. The highest BCUT2D eigenvalue weighted by molar-refractivity contribution is 6.58. The van der Waals surface area contributed by atoms with Crippen molar-refractivity contribution in [2.75, 3.05) is 0 Å². The highest BCUT2D eigenvalue weighted by Crippen LogP contribution is 2.45. The molecule has 4 aromatic carbocycles. The maximum absolute atomic E-state index is 9.63. The van der Waals surface area contributed by atoms with Crippen molar-refractivity contribution < 1.29 is 29.8 Å². The maximum atomic E-state index is 9.63. The molecule has 0 aromatic heterocycles. The van der Waals surface area contributed by atoms with Crippen LogP contribution in [0.5, 0.6) is 5.75 Å². The summed E-state index contributed by atoms with van der Waals surface area (Å²) >= 11 is 0. The molecule has 35 heavy (non-hydrogen) atoms. The number of benzene rings is 4. The summed E-state index contributed by atoms with van der Waals surface area (Å²) in [5.74, 6) is 0.464. The molecule has 173 valence electrons. The quantitative estimate of drug-likeness (QED) is 0.193. The van der Waals surface area contributed by atoms with Gasteiger partial charge in [0.05, 0.1) is 11.2 Å². The van der Waals surface area contributed by atoms with Crippen molar-refractivity contribution in [3.63, 3.8) is 0 Å². The number of rotatable bonds is 8. The smallest absolute Gasteiger partial charge is 0.537 e. The maximum Gasteiger partial charge on any atom is 0.569 e. The van der Waals surface area contributed by atoms with Crippen molar-refractivity contribution in [2.24, 2.45) is 0 Å². The van der Waals surface area contributed by atoms with Crippen molar-refractivity contribution in [1.82, 2.24) is 0 Å². The molecule has 0 spiro atoms. The molecule has 6 nitrogen and oxygen atoms in total. The third kappa shape index (κ3) is 4.91. The zero-order valence-corrected chi connectivity index (χ0v) is 19.1. The Morgan fingerprint density at radius 1 is 0.571 bits per heavy atom. The Balaban J connectivity index is 2.03. The van der Waals surface area contributed by atoms with E-state index in [0.29, 0.717) is 24.4 Å². The van der Waals surface area contributed by atoms with E-state index in [1.54, 1.807) is 36.4 Å². The first-order chi connectivity index (χ1) is 16.9. The van der Waals surface area contributed by atoms with Crippen molar-refractivity contribution >= 4 is 32.8 Å². The number of aryl methyl sites for hydroxylation is 1. The van der Waals surface area contributed by atoms with Gasteiger partial charge in [-0.15, -0.1) is 0 Å². The molecule has 0 bridgehead atoms. The third-order valence-electron chi connectivity index (χ3n) is 6.24. The molecule has 4 aromatic rings. The van der Waals surface area contributed by atoms with Crippen molar-refractivity contribution in [1.29, 1.82) is 0 Å². The van der Waals surface area contributed by atoms with Crippen LogP contribution in [0, 0.1) is 6.92 Å². The van der Waals surface area contributed by atoms with E-state index in [-0.39, 0.29) is 0 Å². The highest BCUT2D eigenvalue weighted by Gasteiger charge is 2.38. The second-order valence-electron chi connectivity index (χ2n) is 8.36. The first kappa shape index (κ1) is 24.8. The van der Waals surface area contributed by atoms with Gasteiger partial charge in [-0.25, -0.2) is 0 Å². The second-order valence-corrected chi connectivity index (χ2v) is 8.36. The minimum atomic E-state index is -1.59. The molecule has 0 saturated heterocycles. The summed E-state index contributed by atoms with van der Waals surface area (Å²) in [4.78, 5) is 0. The van der Waals surface area contributed by atoms with Crippen molar-refractivity contribution in [3.05, 3.63) is 125 Å². The Bertz CT molecular complexity index is 1190. The van der Waals surface area contributed by atoms with Crippen LogP contribution in [-0.4, -0.2) is 47.0 Å². The highest BCUT2D eigenvalue weighted by atomic mass is 16.5. The predicted molar refractivity (Wildman–Crippen MR) is 138 cm³/mol. The van der Waals surface area contributed by atoms with E-state index in [1.807, 2.05) is 67.6 Å². The summed E-state index contributed by atoms with van der Waals surface area (Å²) in [5.41, 5.74) is 4.58. The van der Waals surface area contributed by atoms with Crippen LogP contribution in [0.1, 0.15) is 27.8 Å². The van der Waals surface area contributed by atoms with Gasteiger partial charge in [0.25, 0.3) is 0 Å². The first-order valence-electron chi connectivity index (χ1n) is 11.1. The van der Waals surface area contributed by atoms with Gasteiger partial charge < -0.3 is 29.8 Å². The Kier molecular flexibility index (Phi) is 7.45. The minimum Gasteiger partial charge on any atom is -0.537 e. The summed E-state index contributed by atoms with van der Waals surface area (Å²) in [6.45, 7) is 2.01. The van der Waals surface area contributed by atoms with Crippen molar-refractivity contribution in [3.8, 4) is 5.75 Å². The first-order valence-corrected chi connectivity index (χ1v) is 11.1. The molecule has 9 heteroatoms. The molecule has 4 rings (SSSR count). The summed E-state index contributed by atoms with van der Waals surface area (Å²) in [6, 6.07) is 29.6. The van der Waals surface area contributed by atoms with E-state index in [0.717, 1.165) is 27.8 Å². The van der Waals surface area contributed by atoms with Gasteiger partial charge in [-0.3, -0.25) is 0 Å². The van der Waals surface area contributed by atoms with Crippen LogP contribution in [0.25, 0.3) is 0 Å². The van der Waals surface area contributed by atoms with Crippen LogP contribution in [0.3, 0.4) is 0 Å². The molecule has 0 atom stereocenters. The standard InChI is InChI=1S/C26H24B3O6/c1-18-2-4-19(5-3-18)26(20-6-12-23(13-7-20)28(31)32,21-8-14-24(15-9-21)29(33)34)22-10-16-25(17-11-22)35-27-30/h2-17,30-34H,1H3. The second kappa shape index (κ2) is 10.5. The summed E-state index contributed by atoms with van der Waals surface area (Å²) in [7, 11) is -2.55. The van der Waals surface area contributed by atoms with Gasteiger partial charge in [-0.05, 0) is 52.2 Å². The molecule has 0 aliphatic rings. The summed E-state index contributed by atoms with van der Waals surface area (Å²) in [6.07, 6.45) is 0. The fraction of sp³-hybridized carbons (Fsp3) is 0.0769. The average Bonchev–Trinajstić information content (AvgIpc) is 2.87. The Morgan fingerprint density at radius 3 is 1.26 bits per heavy atom. The Labute approximate surface area is 205 Å². The topological polar surface area (TPSA) is 110 Å². The van der Waals surface area contributed by atoms with Gasteiger partial charge in [0.1, 0.15) is 0 Å². The van der Waals surface area contributed by atoms with Gasteiger partial charge in [-0.2, -0.15) is 0 Å². The molecule has 0 unspecified atom stereocenters. The Hall–Kier alpha value is -3.33. The third-order valence-corrected chi connectivity index (χ3v) is 6.24. The lowest BCUT2D eigenvalue weighted by Crippen LogP contribution is -2.35. The molecule has 0 fully saturated rings. The monoisotopic (exact) mass is 465 g/mol. The fourth-order valence-corrected chi connectivity index (χ4v) is 4.46. The van der Waals surface area contributed by atoms with E-state index in [1.165, 1.54) is 0 Å². The van der Waals surface area contributed by atoms with E-state index >= 15 is 0 Å². The molecule has 0 saturated carbocycles. The van der Waals surface area contributed by atoms with Crippen LogP contribution in [-0.2, 0) is 5.41 Å². The van der Waals surface area contributed by atoms with Gasteiger partial charge in [0, 0.05) is 0 Å². The van der Waals surface area contributed by atoms with Crippen LogP contribution in [0.2, 0.25) is 0 Å². The van der Waals surface area contributed by atoms with Crippen LogP contribution in [0.15, 0.2) is 97.1 Å². The van der Waals surface area contributed by atoms with Crippen LogP contribution >= 0.6 is 0 Å². The van der Waals surface area contributed by atoms with E-state index in [9.17, 15) is 20.1 Å². The zero-order valence-electron chi connectivity index (χ0n) is 19.1. The molecular weight excluding hydrogens is 441 g/mol. The van der Waals surface area contributed by atoms with E-state index < -0.39 is 19.7 Å². The molecule has 0 aliphatic carbocycles. The molecule has 0 amide bonds. The largest absolute Gasteiger partial charge is 0.569 e. The molecule has 5 N–H and O–H groups in total. The number of hydrogen-bond acceptors (Lipinski definition) is 6. The average molecular weight is 465 g/mol.